The molecule has 1 atom stereocenters. The van der Waals surface area contributed by atoms with Crippen LogP contribution in [0.15, 0.2) is 89.4 Å². The lowest BCUT2D eigenvalue weighted by molar-refractivity contribution is -0.123. The van der Waals surface area contributed by atoms with Gasteiger partial charge in [-0.05, 0) is 41.8 Å². The van der Waals surface area contributed by atoms with Gasteiger partial charge in [-0.25, -0.2) is 0 Å². The molecule has 4 heteroatoms. The van der Waals surface area contributed by atoms with Crippen LogP contribution in [0.3, 0.4) is 0 Å². The van der Waals surface area contributed by atoms with Crippen LogP contribution in [0.25, 0.3) is 0 Å². The Labute approximate surface area is 172 Å². The maximum Gasteiger partial charge on any atom is 0.241 e. The van der Waals surface area contributed by atoms with Gasteiger partial charge in [0.1, 0.15) is 0 Å². The molecule has 0 aromatic heterocycles. The van der Waals surface area contributed by atoms with Crippen LogP contribution in [-0.2, 0) is 15.0 Å². The lowest BCUT2D eigenvalue weighted by Gasteiger charge is -2.23. The maximum absolute atomic E-state index is 13.6. The molecule has 3 aromatic carbocycles. The summed E-state index contributed by atoms with van der Waals surface area (Å²) in [7, 11) is 0. The number of hydrogen-bond acceptors (Lipinski definition) is 2. The topological polar surface area (TPSA) is 37.4 Å². The van der Waals surface area contributed by atoms with E-state index in [1.165, 1.54) is 4.90 Å². The van der Waals surface area contributed by atoms with Gasteiger partial charge in [0.25, 0.3) is 0 Å². The van der Waals surface area contributed by atoms with E-state index in [1.54, 1.807) is 0 Å². The summed E-state index contributed by atoms with van der Waals surface area (Å²) in [6, 6.07) is 27.6. The Bertz CT molecular complexity index is 1020. The van der Waals surface area contributed by atoms with Crippen molar-refractivity contribution < 1.29 is 9.59 Å². The Morgan fingerprint density at radius 1 is 0.750 bits per heavy atom. The van der Waals surface area contributed by atoms with Crippen LogP contribution in [0.1, 0.15) is 24.0 Å². The second kappa shape index (κ2) is 6.14. The highest BCUT2D eigenvalue weighted by atomic mass is 79.9. The second-order valence-electron chi connectivity index (χ2n) is 7.58. The number of carbonyl (C=O) groups excluding carboxylic acids is 2. The molecule has 28 heavy (non-hydrogen) atoms. The number of anilines is 1. The molecule has 3 aromatic rings. The molecule has 1 aliphatic heterocycles. The number of hydrogen-bond donors (Lipinski definition) is 0. The van der Waals surface area contributed by atoms with Gasteiger partial charge in [0, 0.05) is 16.3 Å². The van der Waals surface area contributed by atoms with Crippen molar-refractivity contribution in [3.8, 4) is 0 Å². The monoisotopic (exact) mass is 431 g/mol. The third kappa shape index (κ3) is 2.27. The lowest BCUT2D eigenvalue weighted by atomic mass is 9.79. The molecule has 1 spiro atoms. The molecule has 2 aliphatic rings. The second-order valence-corrected chi connectivity index (χ2v) is 8.50. The zero-order valence-corrected chi connectivity index (χ0v) is 16.7. The molecule has 0 bridgehead atoms. The predicted molar refractivity (Wildman–Crippen MR) is 112 cm³/mol. The quantitative estimate of drug-likeness (QED) is 0.541. The minimum atomic E-state index is -0.708. The zero-order valence-electron chi connectivity index (χ0n) is 15.1. The minimum absolute atomic E-state index is 0.0903. The first-order valence-corrected chi connectivity index (χ1v) is 10.1. The fraction of sp³-hybridized carbons (Fsp3) is 0.167. The van der Waals surface area contributed by atoms with Crippen molar-refractivity contribution >= 4 is 33.4 Å². The predicted octanol–water partition coefficient (Wildman–Crippen LogP) is 5.09. The molecule has 2 amide bonds. The normalized spacial score (nSPS) is 22.7. The van der Waals surface area contributed by atoms with Gasteiger partial charge in [0.05, 0.1) is 11.1 Å². The first-order chi connectivity index (χ1) is 13.6. The molecule has 138 valence electrons. The zero-order chi connectivity index (χ0) is 19.4. The number of nitrogens with zero attached hydrogens (tertiary/aromatic N) is 1. The largest absolute Gasteiger partial charge is 0.274 e. The van der Waals surface area contributed by atoms with Crippen LogP contribution in [0.5, 0.6) is 0 Å². The molecular weight excluding hydrogens is 414 g/mol. The van der Waals surface area contributed by atoms with Crippen LogP contribution < -0.4 is 4.90 Å². The van der Waals surface area contributed by atoms with Gasteiger partial charge in [-0.1, -0.05) is 76.6 Å². The van der Waals surface area contributed by atoms with E-state index in [1.807, 2.05) is 60.7 Å². The Balaban J connectivity index is 1.63. The van der Waals surface area contributed by atoms with Crippen molar-refractivity contribution in [2.75, 3.05) is 4.90 Å². The van der Waals surface area contributed by atoms with Crippen molar-refractivity contribution in [1.82, 2.24) is 0 Å². The molecule has 1 saturated carbocycles. The van der Waals surface area contributed by atoms with E-state index < -0.39 is 10.8 Å². The van der Waals surface area contributed by atoms with E-state index in [2.05, 4.69) is 40.2 Å². The summed E-state index contributed by atoms with van der Waals surface area (Å²) in [5, 5.41) is 0. The van der Waals surface area contributed by atoms with Crippen LogP contribution in [0, 0.1) is 5.41 Å². The van der Waals surface area contributed by atoms with Gasteiger partial charge >= 0.3 is 0 Å². The van der Waals surface area contributed by atoms with Crippen LogP contribution in [-0.4, -0.2) is 11.8 Å². The fourth-order valence-electron chi connectivity index (χ4n) is 4.84. The summed E-state index contributed by atoms with van der Waals surface area (Å²) in [6.45, 7) is 0. The van der Waals surface area contributed by atoms with Gasteiger partial charge < -0.3 is 0 Å². The van der Waals surface area contributed by atoms with Crippen molar-refractivity contribution in [2.45, 2.75) is 18.3 Å². The Morgan fingerprint density at radius 2 is 1.29 bits per heavy atom. The van der Waals surface area contributed by atoms with E-state index in [0.717, 1.165) is 15.6 Å². The van der Waals surface area contributed by atoms with Crippen LogP contribution in [0.2, 0.25) is 0 Å². The van der Waals surface area contributed by atoms with Gasteiger partial charge in [-0.15, -0.1) is 0 Å². The van der Waals surface area contributed by atoms with E-state index in [-0.39, 0.29) is 18.2 Å². The summed E-state index contributed by atoms with van der Waals surface area (Å²) < 4.78 is 0.916. The van der Waals surface area contributed by atoms with E-state index in [0.29, 0.717) is 12.1 Å². The van der Waals surface area contributed by atoms with Gasteiger partial charge in [0.2, 0.25) is 11.8 Å². The van der Waals surface area contributed by atoms with E-state index >= 15 is 0 Å². The number of benzene rings is 3. The summed E-state index contributed by atoms with van der Waals surface area (Å²) in [6.07, 6.45) is 0.900. The van der Waals surface area contributed by atoms with E-state index in [4.69, 9.17) is 0 Å². The average Bonchev–Trinajstić information content (AvgIpc) is 3.34. The highest BCUT2D eigenvalue weighted by Gasteiger charge is 2.77. The smallest absolute Gasteiger partial charge is 0.241 e. The molecule has 0 N–H and O–H groups in total. The minimum Gasteiger partial charge on any atom is -0.274 e. The molecular formula is C24H18BrNO2. The Kier molecular flexibility index (Phi) is 3.81. The van der Waals surface area contributed by atoms with Gasteiger partial charge in [-0.3, -0.25) is 14.5 Å². The number of rotatable bonds is 3. The average molecular weight is 432 g/mol. The molecule has 1 saturated heterocycles. The number of imide groups is 1. The number of halogens is 1. The Morgan fingerprint density at radius 3 is 1.82 bits per heavy atom. The molecule has 5 rings (SSSR count). The summed E-state index contributed by atoms with van der Waals surface area (Å²) in [5.41, 5.74) is 1.67. The molecule has 0 radical (unpaired) electrons. The first-order valence-electron chi connectivity index (χ1n) is 9.32. The molecule has 2 fully saturated rings. The summed E-state index contributed by atoms with van der Waals surface area (Å²) in [4.78, 5) is 28.0. The SMILES string of the molecule is O=C1C[C@@]2(CC2(c2ccccc2)c2ccccc2)C(=O)N1c1ccc(Br)cc1. The van der Waals surface area contributed by atoms with Crippen molar-refractivity contribution in [1.29, 1.82) is 0 Å². The van der Waals surface area contributed by atoms with Crippen LogP contribution in [0.4, 0.5) is 5.69 Å². The summed E-state index contributed by atoms with van der Waals surface area (Å²) >= 11 is 3.41. The van der Waals surface area contributed by atoms with Crippen LogP contribution >= 0.6 is 15.9 Å². The van der Waals surface area contributed by atoms with Crippen molar-refractivity contribution in [3.05, 3.63) is 101 Å². The Hall–Kier alpha value is -2.72. The number of carbonyl (C=O) groups is 2. The molecule has 3 nitrogen and oxygen atoms in total. The highest BCUT2D eigenvalue weighted by Crippen LogP contribution is 2.72. The van der Waals surface area contributed by atoms with Crippen molar-refractivity contribution in [3.63, 3.8) is 0 Å². The molecule has 1 heterocycles. The third-order valence-corrected chi connectivity index (χ3v) is 6.72. The third-order valence-electron chi connectivity index (χ3n) is 6.19. The number of amides is 2. The van der Waals surface area contributed by atoms with Gasteiger partial charge in [0.15, 0.2) is 0 Å². The van der Waals surface area contributed by atoms with Gasteiger partial charge in [-0.2, -0.15) is 0 Å². The highest BCUT2D eigenvalue weighted by molar-refractivity contribution is 9.10. The maximum atomic E-state index is 13.6. The molecule has 0 unspecified atom stereocenters. The molecule has 1 aliphatic carbocycles. The fourth-order valence-corrected chi connectivity index (χ4v) is 5.10. The van der Waals surface area contributed by atoms with E-state index in [9.17, 15) is 9.59 Å². The first kappa shape index (κ1) is 17.4. The lowest BCUT2D eigenvalue weighted by Crippen LogP contribution is -2.33. The van der Waals surface area contributed by atoms with Crippen molar-refractivity contribution in [2.24, 2.45) is 5.41 Å². The standard InChI is InChI=1S/C24H18BrNO2/c25-19-11-13-20(14-12-19)26-21(27)15-23(22(26)28)16-24(23,17-7-3-1-4-8-17)18-9-5-2-6-10-18/h1-14H,15-16H2/t23-/m1/s1. The summed E-state index contributed by atoms with van der Waals surface area (Å²) in [5.74, 6) is -0.214.